The zero-order valence-corrected chi connectivity index (χ0v) is 20.2. The van der Waals surface area contributed by atoms with Crippen molar-refractivity contribution in [2.24, 2.45) is 0 Å². The number of thiocarbonyl (C=S) groups is 1. The van der Waals surface area contributed by atoms with Gasteiger partial charge in [0.1, 0.15) is 0 Å². The average Bonchev–Trinajstić information content (AvgIpc) is 3.32. The molecular formula is C28H28N4S. The van der Waals surface area contributed by atoms with E-state index in [1.54, 1.807) is 0 Å². The summed E-state index contributed by atoms with van der Waals surface area (Å²) in [5.41, 5.74) is 9.44. The molecule has 1 fully saturated rings. The molecule has 0 aliphatic carbocycles. The molecule has 4 aromatic rings. The minimum Gasteiger partial charge on any atom is -0.351 e. The molecule has 1 aliphatic heterocycles. The monoisotopic (exact) mass is 452 g/mol. The van der Waals surface area contributed by atoms with E-state index in [1.807, 2.05) is 18.3 Å². The van der Waals surface area contributed by atoms with Crippen LogP contribution in [0.15, 0.2) is 79.0 Å². The van der Waals surface area contributed by atoms with E-state index in [4.69, 9.17) is 17.2 Å². The molecule has 1 aliphatic rings. The molecule has 5 rings (SSSR count). The molecule has 166 valence electrons. The van der Waals surface area contributed by atoms with Crippen LogP contribution in [0.2, 0.25) is 0 Å². The first-order valence-electron chi connectivity index (χ1n) is 11.3. The van der Waals surface area contributed by atoms with Gasteiger partial charge in [0.05, 0.1) is 17.8 Å². The second-order valence-electron chi connectivity index (χ2n) is 8.76. The van der Waals surface area contributed by atoms with E-state index >= 15 is 0 Å². The number of rotatable bonds is 4. The number of anilines is 1. The van der Waals surface area contributed by atoms with Gasteiger partial charge in [-0.25, -0.2) is 0 Å². The third-order valence-corrected chi connectivity index (χ3v) is 6.98. The Bertz CT molecular complexity index is 1310. The summed E-state index contributed by atoms with van der Waals surface area (Å²) in [4.78, 5) is 6.95. The average molecular weight is 453 g/mol. The Morgan fingerprint density at radius 3 is 2.27 bits per heavy atom. The van der Waals surface area contributed by atoms with E-state index in [9.17, 15) is 0 Å². The van der Waals surface area contributed by atoms with E-state index in [1.165, 1.54) is 33.8 Å². The standard InChI is InChI=1S/C28H28N4S/c1-18-13-14-23(16-19(18)2)32-27(26(30-28(32)33)25-12-8-9-15-29-25)24-17-20(3)31(21(24)4)22-10-6-5-7-11-22/h5-17,26-27H,1-4H3,(H,30,33)/t26-,27+/m1/s1. The van der Waals surface area contributed by atoms with Crippen LogP contribution in [-0.4, -0.2) is 14.7 Å². The van der Waals surface area contributed by atoms with E-state index in [-0.39, 0.29) is 12.1 Å². The van der Waals surface area contributed by atoms with Gasteiger partial charge in [-0.3, -0.25) is 4.98 Å². The molecule has 2 aromatic carbocycles. The van der Waals surface area contributed by atoms with Gasteiger partial charge in [-0.2, -0.15) is 0 Å². The second kappa shape index (κ2) is 8.49. The summed E-state index contributed by atoms with van der Waals surface area (Å²) in [5.74, 6) is 0. The molecule has 1 saturated heterocycles. The SMILES string of the molecule is Cc1ccc(N2C(=S)N[C@H](c3ccccn3)[C@@H]2c2cc(C)n(-c3ccccc3)c2C)cc1C. The number of hydrogen-bond donors (Lipinski definition) is 1. The van der Waals surface area contributed by atoms with Crippen LogP contribution in [0.3, 0.4) is 0 Å². The van der Waals surface area contributed by atoms with E-state index < -0.39 is 0 Å². The number of aryl methyl sites for hydroxylation is 3. The number of nitrogens with one attached hydrogen (secondary N) is 1. The Hall–Kier alpha value is -3.44. The van der Waals surface area contributed by atoms with Crippen molar-refractivity contribution in [2.75, 3.05) is 4.90 Å². The lowest BCUT2D eigenvalue weighted by Gasteiger charge is -2.28. The van der Waals surface area contributed by atoms with E-state index in [2.05, 4.69) is 103 Å². The van der Waals surface area contributed by atoms with Crippen molar-refractivity contribution < 1.29 is 0 Å². The van der Waals surface area contributed by atoms with Gasteiger partial charge in [0.2, 0.25) is 0 Å². The maximum Gasteiger partial charge on any atom is 0.174 e. The molecule has 2 atom stereocenters. The van der Waals surface area contributed by atoms with E-state index in [0.717, 1.165) is 16.5 Å². The quantitative estimate of drug-likeness (QED) is 0.369. The van der Waals surface area contributed by atoms with Crippen molar-refractivity contribution in [3.05, 3.63) is 113 Å². The fraction of sp³-hybridized carbons (Fsp3) is 0.214. The van der Waals surface area contributed by atoms with E-state index in [0.29, 0.717) is 0 Å². The third-order valence-electron chi connectivity index (χ3n) is 6.67. The number of hydrogen-bond acceptors (Lipinski definition) is 2. The maximum atomic E-state index is 5.91. The first-order valence-corrected chi connectivity index (χ1v) is 11.7. The highest BCUT2D eigenvalue weighted by Gasteiger charge is 2.42. The third kappa shape index (κ3) is 3.72. The van der Waals surface area contributed by atoms with Gasteiger partial charge in [-0.05, 0) is 99.1 Å². The Labute approximate surface area is 200 Å². The summed E-state index contributed by atoms with van der Waals surface area (Å²) in [6, 6.07) is 25.4. The van der Waals surface area contributed by atoms with Crippen LogP contribution >= 0.6 is 12.2 Å². The van der Waals surface area contributed by atoms with Crippen molar-refractivity contribution >= 4 is 23.0 Å². The van der Waals surface area contributed by atoms with Gasteiger partial charge in [-0.1, -0.05) is 30.3 Å². The number of aromatic nitrogens is 2. The lowest BCUT2D eigenvalue weighted by molar-refractivity contribution is 0.565. The Morgan fingerprint density at radius 2 is 1.58 bits per heavy atom. The highest BCUT2D eigenvalue weighted by molar-refractivity contribution is 7.80. The van der Waals surface area contributed by atoms with Crippen molar-refractivity contribution in [3.8, 4) is 5.69 Å². The van der Waals surface area contributed by atoms with Crippen LogP contribution in [0.25, 0.3) is 5.69 Å². The number of nitrogens with zero attached hydrogens (tertiary/aromatic N) is 3. The van der Waals surface area contributed by atoms with Gasteiger partial charge in [0.15, 0.2) is 5.11 Å². The maximum absolute atomic E-state index is 5.91. The van der Waals surface area contributed by atoms with Crippen LogP contribution in [0.5, 0.6) is 0 Å². The molecule has 0 radical (unpaired) electrons. The lowest BCUT2D eigenvalue weighted by atomic mass is 9.96. The van der Waals surface area contributed by atoms with Gasteiger partial charge in [0.25, 0.3) is 0 Å². The Morgan fingerprint density at radius 1 is 0.818 bits per heavy atom. The molecule has 0 unspecified atom stereocenters. The molecule has 1 N–H and O–H groups in total. The summed E-state index contributed by atoms with van der Waals surface area (Å²) in [7, 11) is 0. The molecule has 33 heavy (non-hydrogen) atoms. The predicted molar refractivity (Wildman–Crippen MR) is 139 cm³/mol. The van der Waals surface area contributed by atoms with Gasteiger partial charge in [-0.15, -0.1) is 0 Å². The minimum atomic E-state index is -0.0509. The van der Waals surface area contributed by atoms with Crippen LogP contribution in [-0.2, 0) is 0 Å². The highest BCUT2D eigenvalue weighted by atomic mass is 32.1. The number of pyridine rings is 1. The first-order chi connectivity index (χ1) is 16.0. The van der Waals surface area contributed by atoms with Crippen molar-refractivity contribution in [1.29, 1.82) is 0 Å². The molecule has 0 bridgehead atoms. The molecule has 4 nitrogen and oxygen atoms in total. The molecule has 2 aromatic heterocycles. The molecule has 5 heteroatoms. The van der Waals surface area contributed by atoms with Crippen LogP contribution in [0, 0.1) is 27.7 Å². The highest BCUT2D eigenvalue weighted by Crippen LogP contribution is 2.44. The van der Waals surface area contributed by atoms with Gasteiger partial charge in [0, 0.05) is 29.0 Å². The van der Waals surface area contributed by atoms with Crippen LogP contribution in [0.1, 0.15) is 45.9 Å². The van der Waals surface area contributed by atoms with Crippen LogP contribution in [0.4, 0.5) is 5.69 Å². The molecule has 3 heterocycles. The summed E-state index contributed by atoms with van der Waals surface area (Å²) in [6.45, 7) is 8.66. The molecule has 0 spiro atoms. The predicted octanol–water partition coefficient (Wildman–Crippen LogP) is 6.28. The normalized spacial score (nSPS) is 17.9. The summed E-state index contributed by atoms with van der Waals surface area (Å²) in [5, 5.41) is 4.31. The zero-order chi connectivity index (χ0) is 23.1. The molecular weight excluding hydrogens is 424 g/mol. The fourth-order valence-electron chi connectivity index (χ4n) is 4.89. The first kappa shape index (κ1) is 21.4. The molecule has 0 saturated carbocycles. The van der Waals surface area contributed by atoms with Crippen LogP contribution < -0.4 is 10.2 Å². The largest absolute Gasteiger partial charge is 0.351 e. The Kier molecular flexibility index (Phi) is 5.51. The lowest BCUT2D eigenvalue weighted by Crippen LogP contribution is -2.29. The van der Waals surface area contributed by atoms with Gasteiger partial charge >= 0.3 is 0 Å². The summed E-state index contributed by atoms with van der Waals surface area (Å²) < 4.78 is 2.32. The zero-order valence-electron chi connectivity index (χ0n) is 19.4. The second-order valence-corrected chi connectivity index (χ2v) is 9.15. The number of benzene rings is 2. The minimum absolute atomic E-state index is 0.0156. The van der Waals surface area contributed by atoms with Crippen molar-refractivity contribution in [1.82, 2.24) is 14.9 Å². The summed E-state index contributed by atoms with van der Waals surface area (Å²) in [6.07, 6.45) is 1.85. The molecule has 0 amide bonds. The number of para-hydroxylation sites is 1. The van der Waals surface area contributed by atoms with Crippen molar-refractivity contribution in [2.45, 2.75) is 39.8 Å². The fourth-order valence-corrected chi connectivity index (χ4v) is 5.23. The summed E-state index contributed by atoms with van der Waals surface area (Å²) >= 11 is 5.91. The van der Waals surface area contributed by atoms with Gasteiger partial charge < -0.3 is 14.8 Å². The smallest absolute Gasteiger partial charge is 0.174 e. The van der Waals surface area contributed by atoms with Crippen molar-refractivity contribution in [3.63, 3.8) is 0 Å². The Balaban J connectivity index is 1.69. The topological polar surface area (TPSA) is 33.1 Å².